The maximum atomic E-state index is 12.9. The van der Waals surface area contributed by atoms with Crippen molar-refractivity contribution in [3.63, 3.8) is 0 Å². The van der Waals surface area contributed by atoms with Gasteiger partial charge in [0.25, 0.3) is 0 Å². The second-order valence-electron chi connectivity index (χ2n) is 5.50. The first kappa shape index (κ1) is 15.3. The van der Waals surface area contributed by atoms with E-state index in [-0.39, 0.29) is 5.75 Å². The third-order valence-corrected chi connectivity index (χ3v) is 4.03. The van der Waals surface area contributed by atoms with E-state index in [0.717, 1.165) is 27.5 Å². The molecule has 0 aliphatic rings. The van der Waals surface area contributed by atoms with Crippen LogP contribution in [0.4, 0.5) is 13.2 Å². The lowest BCUT2D eigenvalue weighted by Crippen LogP contribution is -1.95. The molecule has 0 atom stereocenters. The van der Waals surface area contributed by atoms with Crippen molar-refractivity contribution >= 4 is 21.8 Å². The Labute approximate surface area is 141 Å². The van der Waals surface area contributed by atoms with Crippen molar-refractivity contribution in [1.29, 1.82) is 0 Å². The van der Waals surface area contributed by atoms with Gasteiger partial charge in [0.1, 0.15) is 5.75 Å². The van der Waals surface area contributed by atoms with Gasteiger partial charge in [0, 0.05) is 16.5 Å². The highest BCUT2D eigenvalue weighted by molar-refractivity contribution is 6.09. The number of para-hydroxylation sites is 2. The minimum absolute atomic E-state index is 0.00909. The summed E-state index contributed by atoms with van der Waals surface area (Å²) in [7, 11) is 0. The molecule has 0 amide bonds. The van der Waals surface area contributed by atoms with E-state index < -0.39 is 12.1 Å². The molecule has 25 heavy (non-hydrogen) atoms. The van der Waals surface area contributed by atoms with Crippen molar-refractivity contribution in [2.24, 2.45) is 0 Å². The van der Waals surface area contributed by atoms with Crippen molar-refractivity contribution in [3.05, 3.63) is 84.9 Å². The second kappa shape index (κ2) is 6.02. The second-order valence-corrected chi connectivity index (χ2v) is 5.50. The van der Waals surface area contributed by atoms with Gasteiger partial charge in [0.15, 0.2) is 0 Å². The van der Waals surface area contributed by atoms with E-state index in [0.29, 0.717) is 0 Å². The lowest BCUT2D eigenvalue weighted by atomic mass is 10.2. The van der Waals surface area contributed by atoms with E-state index in [2.05, 4.69) is 21.4 Å². The molecule has 0 saturated carbocycles. The Hall–Kier alpha value is -3.21. The van der Waals surface area contributed by atoms with Crippen LogP contribution >= 0.6 is 0 Å². The minimum Gasteiger partial charge on any atom is -0.428 e. The van der Waals surface area contributed by atoms with E-state index in [4.69, 9.17) is 0 Å². The van der Waals surface area contributed by atoms with E-state index in [1.165, 1.54) is 12.1 Å². The Balaban J connectivity index is 1.85. The molecule has 124 valence electrons. The molecule has 4 aromatic rings. The number of hydrogen-bond donors (Lipinski definition) is 0. The molecule has 2 nitrogen and oxygen atoms in total. The number of fused-ring (bicyclic) bond motifs is 3. The van der Waals surface area contributed by atoms with E-state index >= 15 is 0 Å². The van der Waals surface area contributed by atoms with Crippen molar-refractivity contribution < 1.29 is 17.9 Å². The topological polar surface area (TPSA) is 14.2 Å². The first-order valence-corrected chi connectivity index (χ1v) is 7.62. The van der Waals surface area contributed by atoms with Crippen LogP contribution in [0.25, 0.3) is 27.5 Å². The quantitative estimate of drug-likeness (QED) is 0.405. The zero-order valence-electron chi connectivity index (χ0n) is 12.9. The smallest absolute Gasteiger partial charge is 0.344 e. The predicted molar refractivity (Wildman–Crippen MR) is 91.8 cm³/mol. The number of nitrogens with zero attached hydrogens (tertiary/aromatic N) is 1. The molecule has 5 heteroatoms. The first-order chi connectivity index (χ1) is 12.1. The van der Waals surface area contributed by atoms with Crippen molar-refractivity contribution in [2.75, 3.05) is 0 Å². The van der Waals surface area contributed by atoms with Crippen LogP contribution < -0.4 is 4.74 Å². The molecule has 0 saturated heterocycles. The number of ether oxygens (including phenoxy) is 1. The summed E-state index contributed by atoms with van der Waals surface area (Å²) >= 11 is 0. The average molecular weight is 339 g/mol. The van der Waals surface area contributed by atoms with E-state index in [1.54, 1.807) is 12.1 Å². The number of rotatable bonds is 3. The molecular formula is C20H12F3NO. The van der Waals surface area contributed by atoms with Crippen LogP contribution in [0.2, 0.25) is 0 Å². The number of halogens is 3. The zero-order valence-corrected chi connectivity index (χ0v) is 12.9. The SMILES string of the molecule is FC(F)=C(F)Oc1ccc(-n2c3ccccc3c3ccccc32)cc1. The number of hydrogen-bond acceptors (Lipinski definition) is 1. The van der Waals surface area contributed by atoms with E-state index in [9.17, 15) is 13.2 Å². The van der Waals surface area contributed by atoms with E-state index in [1.807, 2.05) is 36.4 Å². The molecule has 0 aliphatic carbocycles. The molecule has 0 radical (unpaired) electrons. The van der Waals surface area contributed by atoms with Gasteiger partial charge in [-0.15, -0.1) is 0 Å². The minimum atomic E-state index is -2.48. The maximum Gasteiger partial charge on any atom is 0.344 e. The molecule has 0 bridgehead atoms. The van der Waals surface area contributed by atoms with Crippen molar-refractivity contribution in [1.82, 2.24) is 4.57 Å². The fraction of sp³-hybridized carbons (Fsp3) is 0. The van der Waals surface area contributed by atoms with Gasteiger partial charge in [-0.2, -0.15) is 13.2 Å². The van der Waals surface area contributed by atoms with Crippen LogP contribution in [-0.4, -0.2) is 4.57 Å². The van der Waals surface area contributed by atoms with Gasteiger partial charge >= 0.3 is 12.1 Å². The van der Waals surface area contributed by atoms with Gasteiger partial charge in [-0.1, -0.05) is 36.4 Å². The summed E-state index contributed by atoms with van der Waals surface area (Å²) in [5, 5.41) is 2.24. The lowest BCUT2D eigenvalue weighted by Gasteiger charge is -2.09. The van der Waals surface area contributed by atoms with Gasteiger partial charge in [-0.05, 0) is 36.4 Å². The molecule has 3 aromatic carbocycles. The maximum absolute atomic E-state index is 12.9. The summed E-state index contributed by atoms with van der Waals surface area (Å²) in [6.45, 7) is 0. The average Bonchev–Trinajstić information content (AvgIpc) is 2.97. The molecular weight excluding hydrogens is 327 g/mol. The number of benzene rings is 3. The molecule has 0 fully saturated rings. The third kappa shape index (κ3) is 2.63. The fourth-order valence-corrected chi connectivity index (χ4v) is 3.01. The number of aromatic nitrogens is 1. The molecule has 0 N–H and O–H groups in total. The summed E-state index contributed by atoms with van der Waals surface area (Å²) in [6.07, 6.45) is -2.48. The van der Waals surface area contributed by atoms with Gasteiger partial charge < -0.3 is 9.30 Å². The predicted octanol–water partition coefficient (Wildman–Crippen LogP) is 6.20. The summed E-state index contributed by atoms with van der Waals surface area (Å²) in [4.78, 5) is 0. The standard InChI is InChI=1S/C20H12F3NO/c21-19(22)20(23)25-14-11-9-13(10-12-14)24-17-7-3-1-5-15(17)16-6-2-4-8-18(16)24/h1-12H. The monoisotopic (exact) mass is 339 g/mol. The highest BCUT2D eigenvalue weighted by atomic mass is 19.3. The van der Waals surface area contributed by atoms with Gasteiger partial charge in [0.05, 0.1) is 11.0 Å². The van der Waals surface area contributed by atoms with Crippen LogP contribution in [0.15, 0.2) is 84.9 Å². The van der Waals surface area contributed by atoms with Gasteiger partial charge in [-0.3, -0.25) is 0 Å². The zero-order chi connectivity index (χ0) is 17.4. The van der Waals surface area contributed by atoms with Crippen LogP contribution in [0.1, 0.15) is 0 Å². The summed E-state index contributed by atoms with van der Waals surface area (Å²) in [5.74, 6) is 0.00909. The first-order valence-electron chi connectivity index (χ1n) is 7.62. The molecule has 4 rings (SSSR count). The van der Waals surface area contributed by atoms with Crippen LogP contribution in [-0.2, 0) is 0 Å². The third-order valence-electron chi connectivity index (χ3n) is 4.03. The van der Waals surface area contributed by atoms with Crippen LogP contribution in [0, 0.1) is 0 Å². The Kier molecular flexibility index (Phi) is 3.69. The highest BCUT2D eigenvalue weighted by Gasteiger charge is 2.12. The summed E-state index contributed by atoms with van der Waals surface area (Å²) in [5.41, 5.74) is 2.88. The molecule has 0 aliphatic heterocycles. The summed E-state index contributed by atoms with van der Waals surface area (Å²) < 4.78 is 43.7. The molecule has 0 spiro atoms. The van der Waals surface area contributed by atoms with Gasteiger partial charge in [0.2, 0.25) is 0 Å². The Morgan fingerprint density at radius 3 is 1.72 bits per heavy atom. The molecule has 1 heterocycles. The van der Waals surface area contributed by atoms with Crippen LogP contribution in [0.5, 0.6) is 5.75 Å². The normalized spacial score (nSPS) is 11.0. The van der Waals surface area contributed by atoms with Crippen LogP contribution in [0.3, 0.4) is 0 Å². The Bertz CT molecular complexity index is 1040. The lowest BCUT2D eigenvalue weighted by molar-refractivity contribution is 0.241. The Morgan fingerprint density at radius 1 is 0.680 bits per heavy atom. The highest BCUT2D eigenvalue weighted by Crippen LogP contribution is 2.32. The largest absolute Gasteiger partial charge is 0.428 e. The molecule has 1 aromatic heterocycles. The molecule has 0 unspecified atom stereocenters. The Morgan fingerprint density at radius 2 is 1.20 bits per heavy atom. The van der Waals surface area contributed by atoms with Crippen molar-refractivity contribution in [3.8, 4) is 11.4 Å². The fourth-order valence-electron chi connectivity index (χ4n) is 3.01. The van der Waals surface area contributed by atoms with Crippen molar-refractivity contribution in [2.45, 2.75) is 0 Å². The summed E-state index contributed by atoms with van der Waals surface area (Å²) in [6, 6.07) is 20.5. The van der Waals surface area contributed by atoms with Gasteiger partial charge in [-0.25, -0.2) is 0 Å².